The molecule has 0 bridgehead atoms. The van der Waals surface area contributed by atoms with Gasteiger partial charge in [0.1, 0.15) is 0 Å². The summed E-state index contributed by atoms with van der Waals surface area (Å²) < 4.78 is 0. The molecule has 1 heterocycles. The molecule has 18 heavy (non-hydrogen) atoms. The van der Waals surface area contributed by atoms with Crippen molar-refractivity contribution in [2.75, 3.05) is 11.9 Å². The highest BCUT2D eigenvalue weighted by Gasteiger charge is 2.03. The molecule has 0 saturated heterocycles. The molecule has 0 amide bonds. The number of hydrogen-bond acceptors (Lipinski definition) is 3. The molecule has 1 N–H and O–H groups in total. The van der Waals surface area contributed by atoms with Crippen LogP contribution < -0.4 is 5.32 Å². The zero-order valence-electron chi connectivity index (χ0n) is 11.0. The minimum Gasteiger partial charge on any atom is -0.385 e. The highest BCUT2D eigenvalue weighted by molar-refractivity contribution is 5.48. The van der Waals surface area contributed by atoms with Crippen molar-refractivity contribution in [3.8, 4) is 5.69 Å². The van der Waals surface area contributed by atoms with Crippen LogP contribution in [0, 0.1) is 5.92 Å². The summed E-state index contributed by atoms with van der Waals surface area (Å²) >= 11 is 0. The molecule has 0 spiro atoms. The number of nitrogens with zero attached hydrogens (tertiary/aromatic N) is 3. The fourth-order valence-corrected chi connectivity index (χ4v) is 1.90. The Bertz CT molecular complexity index is 443. The summed E-state index contributed by atoms with van der Waals surface area (Å²) in [6, 6.07) is 8.19. The first kappa shape index (κ1) is 12.6. The van der Waals surface area contributed by atoms with Crippen molar-refractivity contribution in [3.63, 3.8) is 0 Å². The summed E-state index contributed by atoms with van der Waals surface area (Å²) in [4.78, 5) is 1.62. The summed E-state index contributed by atoms with van der Waals surface area (Å²) in [5.74, 6) is 0.748. The molecular weight excluding hydrogens is 224 g/mol. The Kier molecular flexibility index (Phi) is 4.34. The van der Waals surface area contributed by atoms with E-state index in [-0.39, 0.29) is 0 Å². The predicted molar refractivity (Wildman–Crippen MR) is 73.9 cm³/mol. The fourth-order valence-electron chi connectivity index (χ4n) is 1.90. The number of rotatable bonds is 6. The predicted octanol–water partition coefficient (Wildman–Crippen LogP) is 3.12. The van der Waals surface area contributed by atoms with Crippen molar-refractivity contribution < 1.29 is 0 Å². The number of anilines is 1. The molecular formula is C14H20N4. The lowest BCUT2D eigenvalue weighted by atomic mass is 10.0. The van der Waals surface area contributed by atoms with Crippen molar-refractivity contribution >= 4 is 5.69 Å². The Hall–Kier alpha value is -1.84. The van der Waals surface area contributed by atoms with Crippen LogP contribution in [0.3, 0.4) is 0 Å². The van der Waals surface area contributed by atoms with Crippen molar-refractivity contribution in [1.29, 1.82) is 0 Å². The molecule has 0 saturated carbocycles. The van der Waals surface area contributed by atoms with Gasteiger partial charge < -0.3 is 5.32 Å². The molecule has 96 valence electrons. The van der Waals surface area contributed by atoms with Gasteiger partial charge in [-0.3, -0.25) is 0 Å². The van der Waals surface area contributed by atoms with Gasteiger partial charge in [-0.05, 0) is 30.2 Å². The number of hydrogen-bond donors (Lipinski definition) is 1. The number of nitrogens with one attached hydrogen (secondary N) is 1. The number of benzene rings is 1. The Morgan fingerprint density at radius 1 is 1.06 bits per heavy atom. The van der Waals surface area contributed by atoms with E-state index in [4.69, 9.17) is 0 Å². The Balaban J connectivity index is 1.96. The Morgan fingerprint density at radius 3 is 2.22 bits per heavy atom. The summed E-state index contributed by atoms with van der Waals surface area (Å²) in [5.41, 5.74) is 2.13. The van der Waals surface area contributed by atoms with Gasteiger partial charge in [-0.25, -0.2) is 0 Å². The van der Waals surface area contributed by atoms with Crippen molar-refractivity contribution in [2.24, 2.45) is 5.92 Å². The van der Waals surface area contributed by atoms with Crippen molar-refractivity contribution in [1.82, 2.24) is 15.0 Å². The molecule has 0 atom stereocenters. The second-order valence-electron chi connectivity index (χ2n) is 4.43. The third-order valence-electron chi connectivity index (χ3n) is 3.27. The highest BCUT2D eigenvalue weighted by atomic mass is 15.5. The summed E-state index contributed by atoms with van der Waals surface area (Å²) in [6.45, 7) is 5.51. The Labute approximate surface area is 108 Å². The molecule has 0 aliphatic carbocycles. The Morgan fingerprint density at radius 2 is 1.67 bits per heavy atom. The summed E-state index contributed by atoms with van der Waals surface area (Å²) in [7, 11) is 0. The minimum absolute atomic E-state index is 0.748. The molecule has 1 aromatic carbocycles. The second kappa shape index (κ2) is 6.19. The average Bonchev–Trinajstić information content (AvgIpc) is 2.94. The summed E-state index contributed by atoms with van der Waals surface area (Å²) in [6.07, 6.45) is 5.80. The smallest absolute Gasteiger partial charge is 0.0858 e. The lowest BCUT2D eigenvalue weighted by Crippen LogP contribution is -2.12. The standard InChI is InChI=1S/C14H20N4/c1-3-12(4-2)11-15-13-5-7-14(8-6-13)18-16-9-10-17-18/h5-10,12,15H,3-4,11H2,1-2H3. The maximum absolute atomic E-state index is 4.10. The molecule has 0 aliphatic heterocycles. The van der Waals surface area contributed by atoms with Crippen molar-refractivity contribution in [3.05, 3.63) is 36.7 Å². The average molecular weight is 244 g/mol. The maximum atomic E-state index is 4.10. The lowest BCUT2D eigenvalue weighted by Gasteiger charge is -2.14. The van der Waals surface area contributed by atoms with Crippen LogP contribution in [0.1, 0.15) is 26.7 Å². The van der Waals surface area contributed by atoms with Gasteiger partial charge in [0.25, 0.3) is 0 Å². The highest BCUT2D eigenvalue weighted by Crippen LogP contribution is 2.14. The van der Waals surface area contributed by atoms with Gasteiger partial charge in [-0.1, -0.05) is 26.7 Å². The van der Waals surface area contributed by atoms with Crippen LogP contribution in [0.15, 0.2) is 36.7 Å². The van der Waals surface area contributed by atoms with Gasteiger partial charge >= 0.3 is 0 Å². The van der Waals surface area contributed by atoms with Crippen LogP contribution in [0.25, 0.3) is 5.69 Å². The van der Waals surface area contributed by atoms with E-state index in [1.807, 2.05) is 12.1 Å². The van der Waals surface area contributed by atoms with E-state index in [9.17, 15) is 0 Å². The topological polar surface area (TPSA) is 42.7 Å². The first-order valence-corrected chi connectivity index (χ1v) is 6.54. The molecule has 2 aromatic rings. The number of aromatic nitrogens is 3. The van der Waals surface area contributed by atoms with Crippen LogP contribution in [-0.2, 0) is 0 Å². The molecule has 1 aromatic heterocycles. The fraction of sp³-hybridized carbons (Fsp3) is 0.429. The van der Waals surface area contributed by atoms with Gasteiger partial charge in [0.05, 0.1) is 18.1 Å². The van der Waals surface area contributed by atoms with E-state index >= 15 is 0 Å². The minimum atomic E-state index is 0.748. The third-order valence-corrected chi connectivity index (χ3v) is 3.27. The van der Waals surface area contributed by atoms with Gasteiger partial charge in [0, 0.05) is 12.2 Å². The molecule has 0 unspecified atom stereocenters. The first-order valence-electron chi connectivity index (χ1n) is 6.54. The molecule has 0 radical (unpaired) electrons. The van der Waals surface area contributed by atoms with Crippen LogP contribution >= 0.6 is 0 Å². The largest absolute Gasteiger partial charge is 0.385 e. The molecule has 0 fully saturated rings. The lowest BCUT2D eigenvalue weighted by molar-refractivity contribution is 0.519. The molecule has 4 nitrogen and oxygen atoms in total. The summed E-state index contributed by atoms with van der Waals surface area (Å²) in [5, 5.41) is 11.7. The van der Waals surface area contributed by atoms with E-state index in [1.165, 1.54) is 12.8 Å². The SMILES string of the molecule is CCC(CC)CNc1ccc(-n2nccn2)cc1. The van der Waals surface area contributed by atoms with Crippen LogP contribution in [0.2, 0.25) is 0 Å². The van der Waals surface area contributed by atoms with Crippen molar-refractivity contribution in [2.45, 2.75) is 26.7 Å². The van der Waals surface area contributed by atoms with Crippen LogP contribution in [-0.4, -0.2) is 21.5 Å². The second-order valence-corrected chi connectivity index (χ2v) is 4.43. The van der Waals surface area contributed by atoms with E-state index in [0.717, 1.165) is 23.8 Å². The normalized spacial score (nSPS) is 10.8. The van der Waals surface area contributed by atoms with E-state index < -0.39 is 0 Å². The first-order chi connectivity index (χ1) is 8.83. The maximum Gasteiger partial charge on any atom is 0.0858 e. The zero-order valence-corrected chi connectivity index (χ0v) is 11.0. The van der Waals surface area contributed by atoms with Crippen LogP contribution in [0.5, 0.6) is 0 Å². The van der Waals surface area contributed by atoms with Gasteiger partial charge in [0.2, 0.25) is 0 Å². The van der Waals surface area contributed by atoms with Crippen LogP contribution in [0.4, 0.5) is 5.69 Å². The molecule has 4 heteroatoms. The van der Waals surface area contributed by atoms with E-state index in [0.29, 0.717) is 0 Å². The third kappa shape index (κ3) is 3.09. The van der Waals surface area contributed by atoms with Gasteiger partial charge in [0.15, 0.2) is 0 Å². The van der Waals surface area contributed by atoms with E-state index in [1.54, 1.807) is 17.2 Å². The molecule has 0 aliphatic rings. The zero-order chi connectivity index (χ0) is 12.8. The quantitative estimate of drug-likeness (QED) is 0.849. The van der Waals surface area contributed by atoms with Gasteiger partial charge in [-0.15, -0.1) is 0 Å². The van der Waals surface area contributed by atoms with Gasteiger partial charge in [-0.2, -0.15) is 15.0 Å². The monoisotopic (exact) mass is 244 g/mol. The van der Waals surface area contributed by atoms with E-state index in [2.05, 4.69) is 41.5 Å². The molecule has 2 rings (SSSR count).